The molecule has 1 aromatic heterocycles. The fourth-order valence-electron chi connectivity index (χ4n) is 3.95. The number of fused-ring (bicyclic) bond motifs is 2. The summed E-state index contributed by atoms with van der Waals surface area (Å²) in [6.45, 7) is 0. The van der Waals surface area contributed by atoms with Crippen molar-refractivity contribution >= 4 is 45.7 Å². The van der Waals surface area contributed by atoms with E-state index in [2.05, 4.69) is 39.9 Å². The Morgan fingerprint density at radius 1 is 1.07 bits per heavy atom. The van der Waals surface area contributed by atoms with E-state index in [4.69, 9.17) is 0 Å². The van der Waals surface area contributed by atoms with Crippen LogP contribution in [0.4, 0.5) is 10.8 Å². The molecule has 2 N–H and O–H groups in total. The molecular formula is C23H21N3O2S2. The first-order chi connectivity index (χ1) is 14.6. The van der Waals surface area contributed by atoms with Gasteiger partial charge >= 0.3 is 0 Å². The molecule has 1 aliphatic heterocycles. The molecule has 30 heavy (non-hydrogen) atoms. The molecule has 1 aliphatic carbocycles. The summed E-state index contributed by atoms with van der Waals surface area (Å²) in [6.07, 6.45) is 4.80. The Labute approximate surface area is 183 Å². The standard InChI is InChI=1S/C23H21N3O2S2/c27-21-9-6-16-10-17(5-8-19(16)24-21)20-12-30-23(25-20)26-22(28)13-29-18-7-4-14-2-1-3-15(14)11-18/h4-5,7-8,10-12H,1-3,6,9,13H2,(H,24,27)(H,25,26,28). The number of thiazole rings is 1. The summed E-state index contributed by atoms with van der Waals surface area (Å²) in [7, 11) is 0. The molecule has 0 saturated carbocycles. The molecule has 7 heteroatoms. The van der Waals surface area contributed by atoms with Crippen LogP contribution in [-0.4, -0.2) is 22.6 Å². The van der Waals surface area contributed by atoms with Gasteiger partial charge in [0.25, 0.3) is 0 Å². The third-order valence-corrected chi connectivity index (χ3v) is 7.24. The van der Waals surface area contributed by atoms with E-state index < -0.39 is 0 Å². The molecule has 0 radical (unpaired) electrons. The third-order valence-electron chi connectivity index (χ3n) is 5.49. The van der Waals surface area contributed by atoms with Gasteiger partial charge in [-0.25, -0.2) is 4.98 Å². The van der Waals surface area contributed by atoms with Crippen LogP contribution in [0.2, 0.25) is 0 Å². The monoisotopic (exact) mass is 435 g/mol. The summed E-state index contributed by atoms with van der Waals surface area (Å²) >= 11 is 2.99. The number of benzene rings is 2. The molecule has 0 unspecified atom stereocenters. The van der Waals surface area contributed by atoms with Gasteiger partial charge in [-0.1, -0.05) is 12.1 Å². The molecule has 0 bridgehead atoms. The Kier molecular flexibility index (Phi) is 5.31. The van der Waals surface area contributed by atoms with Gasteiger partial charge in [0.15, 0.2) is 5.13 Å². The van der Waals surface area contributed by atoms with Gasteiger partial charge in [0.1, 0.15) is 0 Å². The van der Waals surface area contributed by atoms with Crippen LogP contribution in [0.1, 0.15) is 29.5 Å². The molecule has 2 aromatic carbocycles. The summed E-state index contributed by atoms with van der Waals surface area (Å²) in [5.41, 5.74) is 6.70. The third kappa shape index (κ3) is 4.13. The molecule has 5 rings (SSSR count). The number of hydrogen-bond acceptors (Lipinski definition) is 5. The van der Waals surface area contributed by atoms with E-state index in [-0.39, 0.29) is 11.8 Å². The average molecular weight is 436 g/mol. The van der Waals surface area contributed by atoms with Gasteiger partial charge in [-0.05, 0) is 66.6 Å². The smallest absolute Gasteiger partial charge is 0.236 e. The number of nitrogens with one attached hydrogen (secondary N) is 2. The van der Waals surface area contributed by atoms with E-state index in [0.29, 0.717) is 17.3 Å². The number of anilines is 2. The van der Waals surface area contributed by atoms with Gasteiger partial charge in [0.2, 0.25) is 11.8 Å². The van der Waals surface area contributed by atoms with Crippen LogP contribution in [0.25, 0.3) is 11.3 Å². The zero-order valence-corrected chi connectivity index (χ0v) is 18.0. The first-order valence-corrected chi connectivity index (χ1v) is 11.9. The highest BCUT2D eigenvalue weighted by Gasteiger charge is 2.16. The van der Waals surface area contributed by atoms with Gasteiger partial charge in [-0.3, -0.25) is 9.59 Å². The molecule has 0 saturated heterocycles. The number of carbonyl (C=O) groups is 2. The molecule has 3 aromatic rings. The zero-order valence-electron chi connectivity index (χ0n) is 16.4. The molecule has 2 heterocycles. The van der Waals surface area contributed by atoms with Gasteiger partial charge in [-0.15, -0.1) is 23.1 Å². The van der Waals surface area contributed by atoms with Crippen molar-refractivity contribution in [2.75, 3.05) is 16.4 Å². The minimum Gasteiger partial charge on any atom is -0.326 e. The largest absolute Gasteiger partial charge is 0.326 e. The number of amides is 2. The fourth-order valence-corrected chi connectivity index (χ4v) is 5.44. The summed E-state index contributed by atoms with van der Waals surface area (Å²) < 4.78 is 0. The Morgan fingerprint density at radius 3 is 2.90 bits per heavy atom. The van der Waals surface area contributed by atoms with E-state index in [9.17, 15) is 9.59 Å². The van der Waals surface area contributed by atoms with Crippen LogP contribution < -0.4 is 10.6 Å². The van der Waals surface area contributed by atoms with Crippen LogP contribution >= 0.6 is 23.1 Å². The lowest BCUT2D eigenvalue weighted by Gasteiger charge is -2.17. The van der Waals surface area contributed by atoms with E-state index in [1.54, 1.807) is 11.8 Å². The van der Waals surface area contributed by atoms with Crippen molar-refractivity contribution in [3.63, 3.8) is 0 Å². The minimum atomic E-state index is -0.0467. The Bertz CT molecular complexity index is 1140. The first-order valence-electron chi connectivity index (χ1n) is 10.1. The average Bonchev–Trinajstić information content (AvgIpc) is 3.41. The summed E-state index contributed by atoms with van der Waals surface area (Å²) in [5.74, 6) is 0.382. The van der Waals surface area contributed by atoms with Crippen LogP contribution in [0, 0.1) is 0 Å². The quantitative estimate of drug-likeness (QED) is 0.559. The Hall–Kier alpha value is -2.64. The molecule has 5 nitrogen and oxygen atoms in total. The number of carbonyl (C=O) groups excluding carboxylic acids is 2. The summed E-state index contributed by atoms with van der Waals surface area (Å²) in [4.78, 5) is 29.6. The number of hydrogen-bond donors (Lipinski definition) is 2. The minimum absolute atomic E-state index is 0.0467. The maximum atomic E-state index is 12.4. The van der Waals surface area contributed by atoms with E-state index in [1.807, 2.05) is 17.5 Å². The van der Waals surface area contributed by atoms with Crippen molar-refractivity contribution in [1.82, 2.24) is 4.98 Å². The van der Waals surface area contributed by atoms with Crippen molar-refractivity contribution in [3.8, 4) is 11.3 Å². The highest BCUT2D eigenvalue weighted by atomic mass is 32.2. The van der Waals surface area contributed by atoms with Crippen LogP contribution in [0.15, 0.2) is 46.7 Å². The van der Waals surface area contributed by atoms with Crippen molar-refractivity contribution < 1.29 is 9.59 Å². The lowest BCUT2D eigenvalue weighted by Crippen LogP contribution is -2.18. The van der Waals surface area contributed by atoms with Gasteiger partial charge in [0, 0.05) is 27.9 Å². The van der Waals surface area contributed by atoms with E-state index >= 15 is 0 Å². The molecule has 152 valence electrons. The number of rotatable bonds is 5. The predicted molar refractivity (Wildman–Crippen MR) is 122 cm³/mol. The van der Waals surface area contributed by atoms with Gasteiger partial charge < -0.3 is 10.6 Å². The molecule has 2 amide bonds. The van der Waals surface area contributed by atoms with Crippen LogP contribution in [0.5, 0.6) is 0 Å². The van der Waals surface area contributed by atoms with Crippen LogP contribution in [0.3, 0.4) is 0 Å². The van der Waals surface area contributed by atoms with Crippen molar-refractivity contribution in [2.24, 2.45) is 0 Å². The zero-order chi connectivity index (χ0) is 20.5. The topological polar surface area (TPSA) is 71.1 Å². The molecular weight excluding hydrogens is 414 g/mol. The SMILES string of the molecule is O=C(CSc1ccc2c(c1)CCC2)Nc1nc(-c2ccc3c(c2)CCC(=O)N3)cs1. The highest BCUT2D eigenvalue weighted by molar-refractivity contribution is 8.00. The number of aromatic nitrogens is 1. The predicted octanol–water partition coefficient (Wildman–Crippen LogP) is 4.91. The van der Waals surface area contributed by atoms with Crippen molar-refractivity contribution in [3.05, 3.63) is 58.5 Å². The Morgan fingerprint density at radius 2 is 1.97 bits per heavy atom. The summed E-state index contributed by atoms with van der Waals surface area (Å²) in [6, 6.07) is 12.5. The first kappa shape index (κ1) is 19.3. The fraction of sp³-hybridized carbons (Fsp3) is 0.261. The van der Waals surface area contributed by atoms with E-state index in [1.165, 1.54) is 35.3 Å². The van der Waals surface area contributed by atoms with Gasteiger partial charge in [0.05, 0.1) is 11.4 Å². The molecule has 2 aliphatic rings. The number of aryl methyl sites for hydroxylation is 3. The van der Waals surface area contributed by atoms with Crippen molar-refractivity contribution in [1.29, 1.82) is 0 Å². The second-order valence-corrected chi connectivity index (χ2v) is 9.49. The summed E-state index contributed by atoms with van der Waals surface area (Å²) in [5, 5.41) is 8.37. The maximum absolute atomic E-state index is 12.4. The van der Waals surface area contributed by atoms with Gasteiger partial charge in [-0.2, -0.15) is 0 Å². The highest BCUT2D eigenvalue weighted by Crippen LogP contribution is 2.31. The molecule has 0 atom stereocenters. The lowest BCUT2D eigenvalue weighted by molar-refractivity contribution is -0.116. The second-order valence-electron chi connectivity index (χ2n) is 7.58. The normalized spacial score (nSPS) is 14.7. The van der Waals surface area contributed by atoms with E-state index in [0.717, 1.165) is 40.2 Å². The molecule has 0 fully saturated rings. The second kappa shape index (κ2) is 8.24. The van der Waals surface area contributed by atoms with Crippen LogP contribution in [-0.2, 0) is 28.9 Å². The lowest BCUT2D eigenvalue weighted by atomic mass is 9.99. The molecule has 0 spiro atoms. The Balaban J connectivity index is 1.20. The number of thioether (sulfide) groups is 1. The van der Waals surface area contributed by atoms with Crippen molar-refractivity contribution in [2.45, 2.75) is 37.0 Å². The number of nitrogens with zero attached hydrogens (tertiary/aromatic N) is 1. The maximum Gasteiger partial charge on any atom is 0.236 e.